The SMILES string of the molecule is Cc1cc(Br)cc(C=O)c1OCc1cccc(C#N)c1. The Labute approximate surface area is 125 Å². The van der Waals surface area contributed by atoms with Gasteiger partial charge in [0.25, 0.3) is 0 Å². The van der Waals surface area contributed by atoms with E-state index in [-0.39, 0.29) is 0 Å². The molecule has 4 heteroatoms. The van der Waals surface area contributed by atoms with Crippen LogP contribution >= 0.6 is 15.9 Å². The lowest BCUT2D eigenvalue weighted by molar-refractivity contribution is 0.111. The summed E-state index contributed by atoms with van der Waals surface area (Å²) in [6.07, 6.45) is 0.777. The van der Waals surface area contributed by atoms with Crippen LogP contribution < -0.4 is 4.74 Å². The summed E-state index contributed by atoms with van der Waals surface area (Å²) >= 11 is 3.35. The second kappa shape index (κ2) is 6.36. The van der Waals surface area contributed by atoms with Crippen molar-refractivity contribution in [3.8, 4) is 11.8 Å². The topological polar surface area (TPSA) is 50.1 Å². The largest absolute Gasteiger partial charge is 0.488 e. The molecule has 0 unspecified atom stereocenters. The number of carbonyl (C=O) groups excluding carboxylic acids is 1. The zero-order chi connectivity index (χ0) is 14.5. The zero-order valence-electron chi connectivity index (χ0n) is 10.9. The van der Waals surface area contributed by atoms with Gasteiger partial charge in [-0.15, -0.1) is 0 Å². The van der Waals surface area contributed by atoms with Gasteiger partial charge in [-0.3, -0.25) is 4.79 Å². The first kappa shape index (κ1) is 14.3. The van der Waals surface area contributed by atoms with Crippen LogP contribution in [0.5, 0.6) is 5.75 Å². The molecule has 20 heavy (non-hydrogen) atoms. The van der Waals surface area contributed by atoms with Gasteiger partial charge in [0.1, 0.15) is 12.4 Å². The highest BCUT2D eigenvalue weighted by molar-refractivity contribution is 9.10. The van der Waals surface area contributed by atoms with E-state index in [0.717, 1.165) is 21.9 Å². The number of nitriles is 1. The van der Waals surface area contributed by atoms with Gasteiger partial charge in [-0.1, -0.05) is 28.1 Å². The fourth-order valence-corrected chi connectivity index (χ4v) is 2.52. The maximum atomic E-state index is 11.1. The van der Waals surface area contributed by atoms with Crippen molar-refractivity contribution in [1.29, 1.82) is 5.26 Å². The predicted molar refractivity (Wildman–Crippen MR) is 79.8 cm³/mol. The highest BCUT2D eigenvalue weighted by Crippen LogP contribution is 2.27. The van der Waals surface area contributed by atoms with E-state index in [1.807, 2.05) is 25.1 Å². The predicted octanol–water partition coefficient (Wildman–Crippen LogP) is 4.02. The van der Waals surface area contributed by atoms with Crippen molar-refractivity contribution in [3.63, 3.8) is 0 Å². The van der Waals surface area contributed by atoms with Crippen LogP contribution in [-0.4, -0.2) is 6.29 Å². The molecule has 0 saturated carbocycles. The number of aryl methyl sites for hydroxylation is 1. The first-order valence-electron chi connectivity index (χ1n) is 6.01. The van der Waals surface area contributed by atoms with Gasteiger partial charge in [0, 0.05) is 4.47 Å². The Hall–Kier alpha value is -2.12. The average molecular weight is 330 g/mol. The summed E-state index contributed by atoms with van der Waals surface area (Å²) in [5, 5.41) is 8.86. The van der Waals surface area contributed by atoms with Crippen LogP contribution in [0.15, 0.2) is 40.9 Å². The number of nitrogens with zero attached hydrogens (tertiary/aromatic N) is 1. The number of rotatable bonds is 4. The van der Waals surface area contributed by atoms with Crippen LogP contribution in [0.4, 0.5) is 0 Å². The maximum Gasteiger partial charge on any atom is 0.153 e. The third-order valence-corrected chi connectivity index (χ3v) is 3.29. The Bertz CT molecular complexity index is 689. The van der Waals surface area contributed by atoms with E-state index < -0.39 is 0 Å². The molecule has 0 spiro atoms. The summed E-state index contributed by atoms with van der Waals surface area (Å²) in [6.45, 7) is 2.21. The maximum absolute atomic E-state index is 11.1. The second-order valence-electron chi connectivity index (χ2n) is 4.36. The van der Waals surface area contributed by atoms with Crippen LogP contribution in [-0.2, 0) is 6.61 Å². The normalized spacial score (nSPS) is 9.85. The quantitative estimate of drug-likeness (QED) is 0.796. The molecule has 0 fully saturated rings. The number of ether oxygens (including phenoxy) is 1. The van der Waals surface area contributed by atoms with Crippen LogP contribution in [0.2, 0.25) is 0 Å². The summed E-state index contributed by atoms with van der Waals surface area (Å²) < 4.78 is 6.58. The van der Waals surface area contributed by atoms with Gasteiger partial charge in [0.15, 0.2) is 6.29 Å². The summed E-state index contributed by atoms with van der Waals surface area (Å²) in [4.78, 5) is 11.1. The number of halogens is 1. The van der Waals surface area contributed by atoms with E-state index >= 15 is 0 Å². The molecule has 0 saturated heterocycles. The molecule has 0 heterocycles. The summed E-state index contributed by atoms with van der Waals surface area (Å²) in [7, 11) is 0. The third-order valence-electron chi connectivity index (χ3n) is 2.83. The Kier molecular flexibility index (Phi) is 4.54. The van der Waals surface area contributed by atoms with Gasteiger partial charge in [-0.05, 0) is 42.3 Å². The molecule has 0 radical (unpaired) electrons. The number of hydrogen-bond acceptors (Lipinski definition) is 3. The van der Waals surface area contributed by atoms with Gasteiger partial charge in [0.2, 0.25) is 0 Å². The lowest BCUT2D eigenvalue weighted by atomic mass is 10.1. The van der Waals surface area contributed by atoms with Gasteiger partial charge in [-0.25, -0.2) is 0 Å². The van der Waals surface area contributed by atoms with Crippen LogP contribution in [0, 0.1) is 18.3 Å². The van der Waals surface area contributed by atoms with E-state index in [4.69, 9.17) is 10.00 Å². The summed E-state index contributed by atoms with van der Waals surface area (Å²) in [5.41, 5.74) is 2.88. The van der Waals surface area contributed by atoms with Crippen molar-refractivity contribution in [2.24, 2.45) is 0 Å². The summed E-state index contributed by atoms with van der Waals surface area (Å²) in [6, 6.07) is 12.9. The molecule has 0 aliphatic rings. The van der Waals surface area contributed by atoms with Gasteiger partial charge in [-0.2, -0.15) is 5.26 Å². The Morgan fingerprint density at radius 1 is 1.35 bits per heavy atom. The number of aldehydes is 1. The third kappa shape index (κ3) is 3.25. The van der Waals surface area contributed by atoms with E-state index in [1.54, 1.807) is 18.2 Å². The first-order chi connectivity index (χ1) is 9.63. The van der Waals surface area contributed by atoms with Crippen molar-refractivity contribution in [1.82, 2.24) is 0 Å². The Balaban J connectivity index is 2.23. The molecule has 2 aromatic carbocycles. The molecule has 3 nitrogen and oxygen atoms in total. The molecule has 0 aromatic heterocycles. The Morgan fingerprint density at radius 2 is 2.15 bits per heavy atom. The molecule has 0 aliphatic carbocycles. The molecule has 100 valence electrons. The lowest BCUT2D eigenvalue weighted by Crippen LogP contribution is -2.00. The van der Waals surface area contributed by atoms with Crippen LogP contribution in [0.25, 0.3) is 0 Å². The fraction of sp³-hybridized carbons (Fsp3) is 0.125. The highest BCUT2D eigenvalue weighted by atomic mass is 79.9. The van der Waals surface area contributed by atoms with E-state index in [1.165, 1.54) is 0 Å². The molecule has 0 aliphatic heterocycles. The second-order valence-corrected chi connectivity index (χ2v) is 5.28. The molecular formula is C16H12BrNO2. The minimum Gasteiger partial charge on any atom is -0.488 e. The number of benzene rings is 2. The van der Waals surface area contributed by atoms with E-state index in [2.05, 4.69) is 22.0 Å². The molecule has 2 rings (SSSR count). The first-order valence-corrected chi connectivity index (χ1v) is 6.80. The molecule has 0 amide bonds. The monoisotopic (exact) mass is 329 g/mol. The van der Waals surface area contributed by atoms with Crippen molar-refractivity contribution in [3.05, 3.63) is 63.1 Å². The van der Waals surface area contributed by atoms with Gasteiger partial charge >= 0.3 is 0 Å². The average Bonchev–Trinajstić information content (AvgIpc) is 2.45. The fourth-order valence-electron chi connectivity index (χ4n) is 1.93. The van der Waals surface area contributed by atoms with Crippen molar-refractivity contribution < 1.29 is 9.53 Å². The smallest absolute Gasteiger partial charge is 0.153 e. The van der Waals surface area contributed by atoms with Crippen LogP contribution in [0.3, 0.4) is 0 Å². The van der Waals surface area contributed by atoms with Crippen LogP contribution in [0.1, 0.15) is 27.0 Å². The molecule has 0 N–H and O–H groups in total. The van der Waals surface area contributed by atoms with E-state index in [0.29, 0.717) is 23.5 Å². The minimum atomic E-state index is 0.318. The van der Waals surface area contributed by atoms with Gasteiger partial charge < -0.3 is 4.74 Å². The molecule has 0 atom stereocenters. The highest BCUT2D eigenvalue weighted by Gasteiger charge is 2.09. The van der Waals surface area contributed by atoms with Crippen molar-refractivity contribution in [2.45, 2.75) is 13.5 Å². The van der Waals surface area contributed by atoms with Gasteiger partial charge in [0.05, 0.1) is 17.2 Å². The number of carbonyl (C=O) groups is 1. The van der Waals surface area contributed by atoms with Crippen molar-refractivity contribution >= 4 is 22.2 Å². The minimum absolute atomic E-state index is 0.318. The summed E-state index contributed by atoms with van der Waals surface area (Å²) in [5.74, 6) is 0.575. The molecule has 0 bridgehead atoms. The Morgan fingerprint density at radius 3 is 2.85 bits per heavy atom. The molecule has 2 aromatic rings. The number of hydrogen-bond donors (Lipinski definition) is 0. The van der Waals surface area contributed by atoms with E-state index in [9.17, 15) is 4.79 Å². The molecular weight excluding hydrogens is 318 g/mol. The standard InChI is InChI=1S/C16H12BrNO2/c1-11-5-15(17)7-14(9-19)16(11)20-10-13-4-2-3-12(6-13)8-18/h2-7,9H,10H2,1H3. The zero-order valence-corrected chi connectivity index (χ0v) is 12.5. The lowest BCUT2D eigenvalue weighted by Gasteiger charge is -2.12. The van der Waals surface area contributed by atoms with Crippen molar-refractivity contribution in [2.75, 3.05) is 0 Å².